The van der Waals surface area contributed by atoms with Gasteiger partial charge in [0.25, 0.3) is 0 Å². The third-order valence-corrected chi connectivity index (χ3v) is 8.86. The first-order valence-corrected chi connectivity index (χ1v) is 17.8. The maximum atomic E-state index is 14.7. The predicted molar refractivity (Wildman–Crippen MR) is 194 cm³/mol. The van der Waals surface area contributed by atoms with Crippen LogP contribution in [0, 0.1) is 5.92 Å². The van der Waals surface area contributed by atoms with Gasteiger partial charge in [0, 0.05) is 18.4 Å². The smallest absolute Gasteiger partial charge is 0.408 e. The molecule has 0 aliphatic carbocycles. The third-order valence-electron chi connectivity index (χ3n) is 8.86. The number of benzene rings is 2. The van der Waals surface area contributed by atoms with Gasteiger partial charge in [-0.25, -0.2) is 4.79 Å². The fourth-order valence-corrected chi connectivity index (χ4v) is 5.88. The molecule has 1 aliphatic rings. The molecule has 1 fully saturated rings. The van der Waals surface area contributed by atoms with Gasteiger partial charge in [-0.2, -0.15) is 0 Å². The highest BCUT2D eigenvalue weighted by Crippen LogP contribution is 2.21. The number of nitrogens with zero attached hydrogens (tertiary/aromatic N) is 1. The lowest BCUT2D eigenvalue weighted by Crippen LogP contribution is -2.65. The van der Waals surface area contributed by atoms with E-state index in [1.807, 2.05) is 13.0 Å². The number of alkyl carbamates (subject to hydrolysis) is 1. The van der Waals surface area contributed by atoms with Gasteiger partial charge in [-0.3, -0.25) is 28.9 Å². The van der Waals surface area contributed by atoms with Crippen LogP contribution in [0.4, 0.5) is 4.79 Å². The van der Waals surface area contributed by atoms with Crippen molar-refractivity contribution in [1.29, 1.82) is 0 Å². The van der Waals surface area contributed by atoms with Crippen LogP contribution in [-0.2, 0) is 41.7 Å². The molecule has 0 aromatic heterocycles. The number of aliphatic hydroxyl groups excluding tert-OH is 1. The highest BCUT2D eigenvalue weighted by molar-refractivity contribution is 5.98. The minimum absolute atomic E-state index is 0.0968. The molecule has 1 saturated heterocycles. The Balaban J connectivity index is 2.07. The maximum absolute atomic E-state index is 14.7. The van der Waals surface area contributed by atoms with Crippen molar-refractivity contribution in [2.24, 2.45) is 11.7 Å². The molecule has 2 aromatic carbocycles. The number of carbonyl (C=O) groups excluding carboxylic acids is 6. The normalized spacial score (nSPS) is 17.1. The Kier molecular flexibility index (Phi) is 15.8. The molecule has 0 spiro atoms. The van der Waals surface area contributed by atoms with E-state index >= 15 is 0 Å². The monoisotopic (exact) mass is 722 g/mol. The van der Waals surface area contributed by atoms with Crippen molar-refractivity contribution in [3.63, 3.8) is 0 Å². The molecule has 2 aromatic rings. The van der Waals surface area contributed by atoms with Crippen LogP contribution in [0.3, 0.4) is 0 Å². The summed E-state index contributed by atoms with van der Waals surface area (Å²) in [6.07, 6.45) is -2.33. The maximum Gasteiger partial charge on any atom is 0.408 e. The second-order valence-corrected chi connectivity index (χ2v) is 14.3. The first-order valence-electron chi connectivity index (χ1n) is 17.8. The van der Waals surface area contributed by atoms with Crippen molar-refractivity contribution in [3.8, 4) is 0 Å². The molecular weight excluding hydrogens is 668 g/mol. The molecule has 0 radical (unpaired) electrons. The molecule has 3 rings (SSSR count). The number of aliphatic hydroxyl groups is 1. The average Bonchev–Trinajstić information content (AvgIpc) is 3.65. The lowest BCUT2D eigenvalue weighted by Gasteiger charge is -2.39. The number of amides is 5. The van der Waals surface area contributed by atoms with Gasteiger partial charge >= 0.3 is 6.09 Å². The number of hydrogen-bond donors (Lipinski definition) is 6. The molecule has 14 nitrogen and oxygen atoms in total. The fraction of sp³-hybridized carbons (Fsp3) is 0.526. The molecule has 14 heteroatoms. The van der Waals surface area contributed by atoms with E-state index in [9.17, 15) is 33.9 Å². The summed E-state index contributed by atoms with van der Waals surface area (Å²) in [6, 6.07) is 12.8. The lowest BCUT2D eigenvalue weighted by molar-refractivity contribution is -0.164. The van der Waals surface area contributed by atoms with Gasteiger partial charge in [-0.1, -0.05) is 80.9 Å². The van der Waals surface area contributed by atoms with E-state index in [-0.39, 0.29) is 25.9 Å². The molecule has 6 atom stereocenters. The van der Waals surface area contributed by atoms with Gasteiger partial charge in [0.1, 0.15) is 18.7 Å². The number of nitrogens with one attached hydrogen (secondary N) is 4. The van der Waals surface area contributed by atoms with Crippen molar-refractivity contribution < 1.29 is 38.6 Å². The van der Waals surface area contributed by atoms with Crippen LogP contribution in [0.1, 0.15) is 77.8 Å². The zero-order chi connectivity index (χ0) is 38.4. The van der Waals surface area contributed by atoms with Gasteiger partial charge < -0.3 is 36.8 Å². The zero-order valence-corrected chi connectivity index (χ0v) is 30.7. The van der Waals surface area contributed by atoms with Crippen molar-refractivity contribution >= 4 is 35.5 Å². The third kappa shape index (κ3) is 12.7. The summed E-state index contributed by atoms with van der Waals surface area (Å²) in [7, 11) is 0. The standard InChI is InChI=1S/C38H54N6O8/c1-6-24(2)31(42-33(47)27-18-13-21-40-27)35(49)44(29(19-20-30(39)45)34(48)43-38(3,4)5)36(50)32(46)28(22-25-14-9-7-10-15-25)41-37(51)52-23-26-16-11-8-12-17-26/h7-12,14-17,24,27-29,31,36,40,50H,6,13,18-23H2,1-5H3,(H2,39,45)(H,41,51)(H,42,47)(H,43,48)/t24-,27-,28-,29-,31-,36?/m0/s1. The number of ketones is 1. The fourth-order valence-electron chi connectivity index (χ4n) is 5.88. The average molecular weight is 723 g/mol. The second kappa shape index (κ2) is 19.7. The van der Waals surface area contributed by atoms with Crippen LogP contribution in [0.2, 0.25) is 0 Å². The molecule has 0 bridgehead atoms. The first kappa shape index (κ1) is 41.6. The quantitative estimate of drug-likeness (QED) is 0.124. The number of primary amides is 1. The van der Waals surface area contributed by atoms with Crippen LogP contribution >= 0.6 is 0 Å². The van der Waals surface area contributed by atoms with E-state index in [0.29, 0.717) is 30.5 Å². The summed E-state index contributed by atoms with van der Waals surface area (Å²) in [5, 5.41) is 23.2. The van der Waals surface area contributed by atoms with Crippen LogP contribution in [0.15, 0.2) is 60.7 Å². The highest BCUT2D eigenvalue weighted by Gasteiger charge is 2.45. The van der Waals surface area contributed by atoms with Crippen LogP contribution in [0.5, 0.6) is 0 Å². The van der Waals surface area contributed by atoms with E-state index < -0.39 is 77.4 Å². The Labute approximate surface area is 305 Å². The number of Topliss-reactive ketones (excluding diaryl/α,β-unsaturated/α-hetero) is 1. The molecule has 52 heavy (non-hydrogen) atoms. The largest absolute Gasteiger partial charge is 0.445 e. The Morgan fingerprint density at radius 3 is 2.13 bits per heavy atom. The molecule has 0 saturated carbocycles. The zero-order valence-electron chi connectivity index (χ0n) is 30.7. The van der Waals surface area contributed by atoms with Crippen LogP contribution in [-0.4, -0.2) is 88.0 Å². The Morgan fingerprint density at radius 2 is 1.60 bits per heavy atom. The molecule has 1 heterocycles. The predicted octanol–water partition coefficient (Wildman–Crippen LogP) is 2.07. The van der Waals surface area contributed by atoms with Gasteiger partial charge in [-0.15, -0.1) is 0 Å². The minimum atomic E-state index is -2.31. The molecule has 1 aliphatic heterocycles. The molecule has 1 unspecified atom stereocenters. The Morgan fingerprint density at radius 1 is 0.981 bits per heavy atom. The SMILES string of the molecule is CC[C@H](C)[C@H](NC(=O)[C@@H]1CCCN1)C(=O)N(C(O)C(=O)[C@H](Cc1ccccc1)NC(=O)OCc1ccccc1)[C@@H](CCC(N)=O)C(=O)NC(C)(C)C. The summed E-state index contributed by atoms with van der Waals surface area (Å²) in [4.78, 5) is 82.2. The van der Waals surface area contributed by atoms with Gasteiger partial charge in [0.05, 0.1) is 12.1 Å². The Hall–Kier alpha value is -4.82. The molecule has 7 N–H and O–H groups in total. The molecule has 5 amide bonds. The number of carbonyl (C=O) groups is 6. The number of nitrogens with two attached hydrogens (primary N) is 1. The van der Waals surface area contributed by atoms with Crippen molar-refractivity contribution in [2.75, 3.05) is 6.54 Å². The summed E-state index contributed by atoms with van der Waals surface area (Å²) in [5.74, 6) is -4.40. The minimum Gasteiger partial charge on any atom is -0.445 e. The van der Waals surface area contributed by atoms with Crippen LogP contribution in [0.25, 0.3) is 0 Å². The number of ether oxygens (including phenoxy) is 1. The van der Waals surface area contributed by atoms with E-state index in [1.165, 1.54) is 0 Å². The summed E-state index contributed by atoms with van der Waals surface area (Å²) in [6.45, 7) is 9.21. The summed E-state index contributed by atoms with van der Waals surface area (Å²) in [5.41, 5.74) is 5.99. The van der Waals surface area contributed by atoms with Gasteiger partial charge in [0.2, 0.25) is 29.4 Å². The lowest BCUT2D eigenvalue weighted by atomic mass is 9.94. The molecule has 284 valence electrons. The van der Waals surface area contributed by atoms with E-state index in [1.54, 1.807) is 82.3 Å². The molecular formula is C38H54N6O8. The van der Waals surface area contributed by atoms with E-state index in [2.05, 4.69) is 21.3 Å². The van der Waals surface area contributed by atoms with E-state index in [0.717, 1.165) is 11.3 Å². The number of rotatable bonds is 18. The second-order valence-electron chi connectivity index (χ2n) is 14.3. The topological polar surface area (TPSA) is 209 Å². The van der Waals surface area contributed by atoms with E-state index in [4.69, 9.17) is 10.5 Å². The van der Waals surface area contributed by atoms with Crippen LogP contribution < -0.4 is 27.0 Å². The van der Waals surface area contributed by atoms with Crippen molar-refractivity contribution in [2.45, 2.75) is 116 Å². The highest BCUT2D eigenvalue weighted by atomic mass is 16.5. The van der Waals surface area contributed by atoms with Crippen molar-refractivity contribution in [3.05, 3.63) is 71.8 Å². The van der Waals surface area contributed by atoms with Gasteiger partial charge in [-0.05, 0) is 63.6 Å². The first-order chi connectivity index (χ1) is 24.6. The summed E-state index contributed by atoms with van der Waals surface area (Å²) >= 11 is 0. The Bertz CT molecular complexity index is 1510. The van der Waals surface area contributed by atoms with Crippen molar-refractivity contribution in [1.82, 2.24) is 26.2 Å². The number of hydrogen-bond acceptors (Lipinski definition) is 9. The van der Waals surface area contributed by atoms with Gasteiger partial charge in [0.15, 0.2) is 6.23 Å². The summed E-state index contributed by atoms with van der Waals surface area (Å²) < 4.78 is 5.38.